The number of carbonyl (C=O) groups excluding carboxylic acids is 1. The van der Waals surface area contributed by atoms with E-state index in [0.717, 1.165) is 40.3 Å². The van der Waals surface area contributed by atoms with Crippen LogP contribution in [-0.4, -0.2) is 25.3 Å². The van der Waals surface area contributed by atoms with Gasteiger partial charge in [-0.05, 0) is 30.3 Å². The molecule has 5 nitrogen and oxygen atoms in total. The average molecular weight is 361 g/mol. The number of anilines is 2. The molecule has 3 rings (SSSR count). The number of hydrogen-bond donors (Lipinski definition) is 3. The number of nitrogens with two attached hydrogens (primary N) is 1. The Labute approximate surface area is 137 Å². The van der Waals surface area contributed by atoms with Crippen LogP contribution in [0.4, 0.5) is 11.4 Å². The van der Waals surface area contributed by atoms with E-state index in [-0.39, 0.29) is 6.41 Å². The lowest BCUT2D eigenvalue weighted by Crippen LogP contribution is -2.19. The molecule has 6 heteroatoms. The molecule has 114 valence electrons. The molecule has 22 heavy (non-hydrogen) atoms. The van der Waals surface area contributed by atoms with Crippen LogP contribution in [0.2, 0.25) is 0 Å². The predicted octanol–water partition coefficient (Wildman–Crippen LogP) is 2.64. The number of primary amides is 1. The van der Waals surface area contributed by atoms with Crippen LogP contribution in [-0.2, 0) is 4.79 Å². The number of hydrogen-bond acceptors (Lipinski definition) is 4. The summed E-state index contributed by atoms with van der Waals surface area (Å²) in [6.07, 6.45) is 0.250. The van der Waals surface area contributed by atoms with Gasteiger partial charge in [0.05, 0.1) is 6.54 Å². The van der Waals surface area contributed by atoms with Crippen molar-refractivity contribution in [3.63, 3.8) is 0 Å². The topological polar surface area (TPSA) is 79.5 Å². The number of nitrogens with one attached hydrogen (secondary N) is 2. The van der Waals surface area contributed by atoms with Gasteiger partial charge in [0, 0.05) is 28.0 Å². The van der Waals surface area contributed by atoms with E-state index >= 15 is 0 Å². The first-order valence-corrected chi connectivity index (χ1v) is 7.59. The molecule has 0 saturated carbocycles. The van der Waals surface area contributed by atoms with Gasteiger partial charge in [-0.25, -0.2) is 0 Å². The van der Waals surface area contributed by atoms with Crippen molar-refractivity contribution in [1.82, 2.24) is 5.32 Å². The zero-order valence-electron chi connectivity index (χ0n) is 11.9. The van der Waals surface area contributed by atoms with Crippen LogP contribution in [0.15, 0.2) is 58.0 Å². The van der Waals surface area contributed by atoms with Crippen molar-refractivity contribution in [2.45, 2.75) is 0 Å². The number of amides is 1. The van der Waals surface area contributed by atoms with Crippen molar-refractivity contribution in [2.24, 2.45) is 10.7 Å². The maximum atomic E-state index is 8.58. The lowest BCUT2D eigenvalue weighted by molar-refractivity contribution is -0.106. The Morgan fingerprint density at radius 2 is 1.86 bits per heavy atom. The number of carbonyl (C=O) groups is 1. The third kappa shape index (κ3) is 4.60. The van der Waals surface area contributed by atoms with Gasteiger partial charge in [-0.3, -0.25) is 9.79 Å². The molecule has 0 atom stereocenters. The predicted molar refractivity (Wildman–Crippen MR) is 93.5 cm³/mol. The number of benzene rings is 2. The number of nitrogens with zero attached hydrogens (tertiary/aromatic N) is 1. The maximum absolute atomic E-state index is 8.58. The van der Waals surface area contributed by atoms with E-state index in [2.05, 4.69) is 61.6 Å². The number of aliphatic imine (C=N–C) groups is 1. The van der Waals surface area contributed by atoms with Gasteiger partial charge >= 0.3 is 0 Å². The van der Waals surface area contributed by atoms with Crippen molar-refractivity contribution < 1.29 is 4.79 Å². The van der Waals surface area contributed by atoms with Crippen molar-refractivity contribution in [3.05, 3.63) is 58.6 Å². The first-order chi connectivity index (χ1) is 10.7. The molecule has 2 aromatic rings. The van der Waals surface area contributed by atoms with Crippen LogP contribution < -0.4 is 16.4 Å². The van der Waals surface area contributed by atoms with Gasteiger partial charge < -0.3 is 16.4 Å². The molecule has 0 unspecified atom stereocenters. The molecular formula is C16H17BrN4O. The molecule has 1 amide bonds. The van der Waals surface area contributed by atoms with Crippen LogP contribution >= 0.6 is 15.9 Å². The second kappa shape index (κ2) is 8.19. The number of rotatable bonds is 3. The van der Waals surface area contributed by atoms with Gasteiger partial charge in [-0.1, -0.05) is 34.1 Å². The highest BCUT2D eigenvalue weighted by Crippen LogP contribution is 2.21. The minimum absolute atomic E-state index is 0.250. The molecular weight excluding hydrogens is 344 g/mol. The van der Waals surface area contributed by atoms with E-state index in [9.17, 15) is 0 Å². The van der Waals surface area contributed by atoms with Crippen LogP contribution in [0.5, 0.6) is 0 Å². The minimum atomic E-state index is 0.250. The highest BCUT2D eigenvalue weighted by molar-refractivity contribution is 9.10. The molecule has 0 spiro atoms. The molecule has 0 bridgehead atoms. The van der Waals surface area contributed by atoms with Crippen molar-refractivity contribution in [1.29, 1.82) is 0 Å². The highest BCUT2D eigenvalue weighted by atomic mass is 79.9. The maximum Gasteiger partial charge on any atom is 0.204 e. The first-order valence-electron chi connectivity index (χ1n) is 6.79. The van der Waals surface area contributed by atoms with Gasteiger partial charge in [-0.2, -0.15) is 0 Å². The monoisotopic (exact) mass is 360 g/mol. The van der Waals surface area contributed by atoms with E-state index < -0.39 is 0 Å². The van der Waals surface area contributed by atoms with Crippen molar-refractivity contribution in [2.75, 3.05) is 18.4 Å². The molecule has 4 N–H and O–H groups in total. The fourth-order valence-electron chi connectivity index (χ4n) is 2.07. The second-order valence-electron chi connectivity index (χ2n) is 4.51. The normalized spacial score (nSPS) is 12.5. The third-order valence-electron chi connectivity index (χ3n) is 2.92. The summed E-state index contributed by atoms with van der Waals surface area (Å²) in [5.74, 6) is 0.984. The molecule has 1 aliphatic rings. The van der Waals surface area contributed by atoms with Crippen LogP contribution in [0.1, 0.15) is 5.56 Å². The fraction of sp³-hybridized carbons (Fsp3) is 0.125. The summed E-state index contributed by atoms with van der Waals surface area (Å²) >= 11 is 3.47. The second-order valence-corrected chi connectivity index (χ2v) is 5.43. The van der Waals surface area contributed by atoms with Crippen molar-refractivity contribution >= 4 is 39.6 Å². The van der Waals surface area contributed by atoms with Gasteiger partial charge in [0.15, 0.2) is 0 Å². The molecule has 0 aromatic heterocycles. The summed E-state index contributed by atoms with van der Waals surface area (Å²) in [6.45, 7) is 1.79. The molecule has 1 aliphatic heterocycles. The van der Waals surface area contributed by atoms with Crippen LogP contribution in [0.25, 0.3) is 0 Å². The minimum Gasteiger partial charge on any atom is -0.372 e. The number of amidine groups is 1. The van der Waals surface area contributed by atoms with Gasteiger partial charge in [0.25, 0.3) is 0 Å². The standard InChI is InChI=1S/C15H14BrN3.CH3NO/c16-12-4-2-6-14(10-12)19-13-5-1-3-11(9-13)15-17-7-8-18-15;2-1-3/h1-6,9-10,19H,7-8H2,(H,17,18);1H,(H2,2,3). The highest BCUT2D eigenvalue weighted by Gasteiger charge is 2.08. The van der Waals surface area contributed by atoms with Gasteiger partial charge in [0.1, 0.15) is 5.84 Å². The van der Waals surface area contributed by atoms with Gasteiger partial charge in [-0.15, -0.1) is 0 Å². The summed E-state index contributed by atoms with van der Waals surface area (Å²) in [4.78, 5) is 13.0. The van der Waals surface area contributed by atoms with E-state index in [1.54, 1.807) is 0 Å². The Balaban J connectivity index is 0.000000545. The van der Waals surface area contributed by atoms with E-state index in [0.29, 0.717) is 0 Å². The fourth-order valence-corrected chi connectivity index (χ4v) is 2.47. The average Bonchev–Trinajstić information content (AvgIpc) is 3.03. The molecule has 0 radical (unpaired) electrons. The Hall–Kier alpha value is -2.34. The quantitative estimate of drug-likeness (QED) is 0.736. The summed E-state index contributed by atoms with van der Waals surface area (Å²) < 4.78 is 1.07. The van der Waals surface area contributed by atoms with Gasteiger partial charge in [0.2, 0.25) is 6.41 Å². The largest absolute Gasteiger partial charge is 0.372 e. The first kappa shape index (κ1) is 16.0. The van der Waals surface area contributed by atoms with E-state index in [1.807, 2.05) is 24.3 Å². The molecule has 2 aromatic carbocycles. The lowest BCUT2D eigenvalue weighted by Gasteiger charge is -2.09. The summed E-state index contributed by atoms with van der Waals surface area (Å²) in [7, 11) is 0. The Kier molecular flexibility index (Phi) is 5.97. The summed E-state index contributed by atoms with van der Waals surface area (Å²) in [6, 6.07) is 16.4. The molecule has 1 heterocycles. The Morgan fingerprint density at radius 3 is 2.50 bits per heavy atom. The third-order valence-corrected chi connectivity index (χ3v) is 3.42. The SMILES string of the molecule is Brc1cccc(Nc2cccc(C3=NCCN3)c2)c1.NC=O. The van der Waals surface area contributed by atoms with E-state index in [4.69, 9.17) is 4.79 Å². The van der Waals surface area contributed by atoms with Crippen LogP contribution in [0, 0.1) is 0 Å². The van der Waals surface area contributed by atoms with E-state index in [1.165, 1.54) is 0 Å². The molecule has 0 saturated heterocycles. The summed E-state index contributed by atoms with van der Waals surface area (Å²) in [5, 5.41) is 6.68. The lowest BCUT2D eigenvalue weighted by atomic mass is 10.1. The summed E-state index contributed by atoms with van der Waals surface area (Å²) in [5.41, 5.74) is 7.41. The molecule has 0 aliphatic carbocycles. The molecule has 0 fully saturated rings. The zero-order chi connectivity index (χ0) is 15.8. The number of halogens is 1. The van der Waals surface area contributed by atoms with Crippen LogP contribution in [0.3, 0.4) is 0 Å². The zero-order valence-corrected chi connectivity index (χ0v) is 13.5. The van der Waals surface area contributed by atoms with Crippen molar-refractivity contribution in [3.8, 4) is 0 Å². The smallest absolute Gasteiger partial charge is 0.204 e. The Morgan fingerprint density at radius 1 is 1.18 bits per heavy atom. The Bertz CT molecular complexity index is 673.